The van der Waals surface area contributed by atoms with E-state index < -0.39 is 5.97 Å². The molecular weight excluding hydrogens is 310 g/mol. The number of carboxylic acids is 1. The molecule has 0 unspecified atom stereocenters. The summed E-state index contributed by atoms with van der Waals surface area (Å²) in [4.78, 5) is 18.4. The molecule has 2 aromatic rings. The fourth-order valence-electron chi connectivity index (χ4n) is 3.31. The van der Waals surface area contributed by atoms with E-state index in [1.807, 2.05) is 24.6 Å². The van der Waals surface area contributed by atoms with E-state index in [4.69, 9.17) is 0 Å². The van der Waals surface area contributed by atoms with Gasteiger partial charge in [-0.3, -0.25) is 9.69 Å². The molecule has 0 saturated carbocycles. The number of aliphatic carboxylic acids is 1. The van der Waals surface area contributed by atoms with Crippen molar-refractivity contribution in [1.29, 1.82) is 0 Å². The molecule has 0 radical (unpaired) electrons. The Morgan fingerprint density at radius 2 is 2.22 bits per heavy atom. The molecular formula is C17H21N3O2S. The van der Waals surface area contributed by atoms with Crippen LogP contribution in [-0.4, -0.2) is 41.1 Å². The van der Waals surface area contributed by atoms with Crippen LogP contribution in [-0.2, 0) is 11.3 Å². The topological polar surface area (TPSA) is 65.5 Å². The molecule has 1 aliphatic rings. The van der Waals surface area contributed by atoms with Gasteiger partial charge in [-0.2, -0.15) is 0 Å². The van der Waals surface area contributed by atoms with Crippen molar-refractivity contribution in [1.82, 2.24) is 9.88 Å². The van der Waals surface area contributed by atoms with Crippen LogP contribution in [0.4, 0.5) is 5.13 Å². The lowest BCUT2D eigenvalue weighted by molar-refractivity contribution is -0.141. The molecule has 1 aromatic carbocycles. The Balaban J connectivity index is 1.78. The number of carbonyl (C=O) groups is 1. The molecule has 3 rings (SSSR count). The zero-order valence-corrected chi connectivity index (χ0v) is 14.1. The summed E-state index contributed by atoms with van der Waals surface area (Å²) < 4.78 is 0. The molecule has 1 fully saturated rings. The van der Waals surface area contributed by atoms with E-state index in [1.165, 1.54) is 0 Å². The average Bonchev–Trinajstić information content (AvgIpc) is 3.15. The molecule has 0 spiro atoms. The van der Waals surface area contributed by atoms with Crippen molar-refractivity contribution in [2.45, 2.75) is 19.4 Å². The minimum atomic E-state index is -0.713. The number of likely N-dealkylation sites (tertiary alicyclic amines) is 1. The molecule has 1 aromatic heterocycles. The summed E-state index contributed by atoms with van der Waals surface area (Å²) in [6.07, 6.45) is 0. The Bertz CT molecular complexity index is 701. The lowest BCUT2D eigenvalue weighted by Gasteiger charge is -2.17. The molecule has 0 aliphatic carbocycles. The Kier molecular flexibility index (Phi) is 4.63. The molecule has 0 amide bonds. The number of hydrogen-bond acceptors (Lipinski definition) is 5. The van der Waals surface area contributed by atoms with Crippen LogP contribution in [0, 0.1) is 12.8 Å². The Morgan fingerprint density at radius 1 is 1.43 bits per heavy atom. The lowest BCUT2D eigenvalue weighted by atomic mass is 9.86. The molecule has 1 saturated heterocycles. The van der Waals surface area contributed by atoms with Gasteiger partial charge >= 0.3 is 5.97 Å². The van der Waals surface area contributed by atoms with E-state index in [0.717, 1.165) is 28.5 Å². The van der Waals surface area contributed by atoms with Crippen LogP contribution in [0.2, 0.25) is 0 Å². The van der Waals surface area contributed by atoms with Crippen molar-refractivity contribution in [3.63, 3.8) is 0 Å². The monoisotopic (exact) mass is 331 g/mol. The van der Waals surface area contributed by atoms with Crippen LogP contribution in [0.25, 0.3) is 0 Å². The van der Waals surface area contributed by atoms with Gasteiger partial charge in [0.1, 0.15) is 0 Å². The van der Waals surface area contributed by atoms with Gasteiger partial charge in [-0.1, -0.05) is 24.3 Å². The van der Waals surface area contributed by atoms with Gasteiger partial charge in [-0.15, -0.1) is 11.3 Å². The minimum absolute atomic E-state index is 0.0381. The van der Waals surface area contributed by atoms with Crippen LogP contribution < -0.4 is 5.32 Å². The normalized spacial score (nSPS) is 21.5. The van der Waals surface area contributed by atoms with Crippen LogP contribution in [0.3, 0.4) is 0 Å². The Hall–Kier alpha value is -1.92. The predicted molar refractivity (Wildman–Crippen MR) is 92.0 cm³/mol. The first kappa shape index (κ1) is 16.0. The maximum atomic E-state index is 11.7. The molecule has 0 bridgehead atoms. The molecule has 1 aliphatic heterocycles. The molecule has 2 heterocycles. The second-order valence-electron chi connectivity index (χ2n) is 6.00. The fraction of sp³-hybridized carbons (Fsp3) is 0.412. The van der Waals surface area contributed by atoms with Gasteiger partial charge in [0.25, 0.3) is 0 Å². The highest BCUT2D eigenvalue weighted by atomic mass is 32.1. The summed E-state index contributed by atoms with van der Waals surface area (Å²) >= 11 is 1.57. The third-order valence-corrected chi connectivity index (χ3v) is 5.36. The number of anilines is 1. The summed E-state index contributed by atoms with van der Waals surface area (Å²) in [6.45, 7) is 4.08. The van der Waals surface area contributed by atoms with E-state index in [2.05, 4.69) is 34.3 Å². The van der Waals surface area contributed by atoms with Gasteiger partial charge in [0.15, 0.2) is 5.13 Å². The number of thiazole rings is 1. The summed E-state index contributed by atoms with van der Waals surface area (Å²) in [5.41, 5.74) is 3.31. The Morgan fingerprint density at radius 3 is 2.87 bits per heavy atom. The molecule has 2 N–H and O–H groups in total. The first-order chi connectivity index (χ1) is 11.1. The third kappa shape index (κ3) is 3.38. The molecule has 5 nitrogen and oxygen atoms in total. The number of aryl methyl sites for hydroxylation is 1. The number of carboxylic acid groups (broad SMARTS) is 1. The van der Waals surface area contributed by atoms with E-state index in [0.29, 0.717) is 13.1 Å². The van der Waals surface area contributed by atoms with Crippen molar-refractivity contribution in [2.24, 2.45) is 5.92 Å². The SMILES string of the molecule is CNc1nc(CN2C[C@@H](C(=O)O)[C@H](c3ccccc3C)C2)cs1. The van der Waals surface area contributed by atoms with Gasteiger partial charge in [0.2, 0.25) is 0 Å². The summed E-state index contributed by atoms with van der Waals surface area (Å²) in [7, 11) is 1.85. The van der Waals surface area contributed by atoms with Gasteiger partial charge < -0.3 is 10.4 Å². The number of aromatic nitrogens is 1. The second kappa shape index (κ2) is 6.68. The zero-order chi connectivity index (χ0) is 16.4. The first-order valence-corrected chi connectivity index (χ1v) is 8.59. The fourth-order valence-corrected chi connectivity index (χ4v) is 3.97. The van der Waals surface area contributed by atoms with Crippen molar-refractivity contribution in [3.8, 4) is 0 Å². The molecule has 6 heteroatoms. The standard InChI is InChI=1S/C17H21N3O2S/c1-11-5-3-4-6-13(11)14-8-20(9-15(14)16(21)22)7-12-10-23-17(18-2)19-12/h3-6,10,14-15H,7-9H2,1-2H3,(H,18,19)(H,21,22)/t14-,15+/m0/s1. The number of nitrogens with zero attached hydrogens (tertiary/aromatic N) is 2. The maximum Gasteiger partial charge on any atom is 0.308 e. The zero-order valence-electron chi connectivity index (χ0n) is 13.3. The highest BCUT2D eigenvalue weighted by molar-refractivity contribution is 7.13. The predicted octanol–water partition coefficient (Wildman–Crippen LogP) is 2.79. The number of nitrogens with one attached hydrogen (secondary N) is 1. The molecule has 23 heavy (non-hydrogen) atoms. The van der Waals surface area contributed by atoms with Gasteiger partial charge in [0.05, 0.1) is 11.6 Å². The number of benzene rings is 1. The molecule has 122 valence electrons. The second-order valence-corrected chi connectivity index (χ2v) is 6.85. The Labute approximate surface area is 140 Å². The van der Waals surface area contributed by atoms with Gasteiger partial charge in [0, 0.05) is 38.0 Å². The van der Waals surface area contributed by atoms with Crippen molar-refractivity contribution < 1.29 is 9.90 Å². The highest BCUT2D eigenvalue weighted by Crippen LogP contribution is 2.35. The minimum Gasteiger partial charge on any atom is -0.481 e. The van der Waals surface area contributed by atoms with Crippen LogP contribution in [0.15, 0.2) is 29.6 Å². The van der Waals surface area contributed by atoms with Crippen LogP contribution in [0.1, 0.15) is 22.7 Å². The summed E-state index contributed by atoms with van der Waals surface area (Å²) in [5, 5.41) is 15.6. The van der Waals surface area contributed by atoms with E-state index in [-0.39, 0.29) is 11.8 Å². The quantitative estimate of drug-likeness (QED) is 0.882. The van der Waals surface area contributed by atoms with Crippen LogP contribution in [0.5, 0.6) is 0 Å². The smallest absolute Gasteiger partial charge is 0.308 e. The maximum absolute atomic E-state index is 11.7. The molecule has 2 atom stereocenters. The van der Waals surface area contributed by atoms with Crippen molar-refractivity contribution in [2.75, 3.05) is 25.5 Å². The van der Waals surface area contributed by atoms with Crippen molar-refractivity contribution >= 4 is 22.4 Å². The van der Waals surface area contributed by atoms with Crippen molar-refractivity contribution in [3.05, 3.63) is 46.5 Å². The number of rotatable bonds is 5. The highest BCUT2D eigenvalue weighted by Gasteiger charge is 2.39. The lowest BCUT2D eigenvalue weighted by Crippen LogP contribution is -2.23. The number of hydrogen-bond donors (Lipinski definition) is 2. The van der Waals surface area contributed by atoms with E-state index >= 15 is 0 Å². The van der Waals surface area contributed by atoms with Gasteiger partial charge in [-0.25, -0.2) is 4.98 Å². The van der Waals surface area contributed by atoms with Crippen LogP contribution >= 0.6 is 11.3 Å². The first-order valence-electron chi connectivity index (χ1n) is 7.71. The largest absolute Gasteiger partial charge is 0.481 e. The van der Waals surface area contributed by atoms with Gasteiger partial charge in [-0.05, 0) is 18.1 Å². The third-order valence-electron chi connectivity index (χ3n) is 4.45. The van der Waals surface area contributed by atoms with E-state index in [1.54, 1.807) is 11.3 Å². The average molecular weight is 331 g/mol. The summed E-state index contributed by atoms with van der Waals surface area (Å²) in [6, 6.07) is 8.09. The van der Waals surface area contributed by atoms with E-state index in [9.17, 15) is 9.90 Å². The summed E-state index contributed by atoms with van der Waals surface area (Å²) in [5.74, 6) is -1.04.